The lowest BCUT2D eigenvalue weighted by molar-refractivity contribution is -0.149. The van der Waals surface area contributed by atoms with Crippen molar-refractivity contribution in [3.8, 4) is 0 Å². The van der Waals surface area contributed by atoms with Gasteiger partial charge in [-0.2, -0.15) is 5.10 Å². The first-order valence-electron chi connectivity index (χ1n) is 9.55. The molecule has 0 N–H and O–H groups in total. The van der Waals surface area contributed by atoms with Gasteiger partial charge in [-0.1, -0.05) is 30.3 Å². The van der Waals surface area contributed by atoms with Crippen LogP contribution in [0, 0.1) is 19.8 Å². The van der Waals surface area contributed by atoms with Crippen LogP contribution in [0.3, 0.4) is 0 Å². The van der Waals surface area contributed by atoms with Crippen molar-refractivity contribution in [2.75, 3.05) is 19.7 Å². The van der Waals surface area contributed by atoms with Crippen molar-refractivity contribution in [2.24, 2.45) is 5.92 Å². The second-order valence-electron chi connectivity index (χ2n) is 7.01. The minimum Gasteiger partial charge on any atom is -0.466 e. The number of hydrogen-bond donors (Lipinski definition) is 0. The lowest BCUT2D eigenvalue weighted by atomic mass is 9.96. The minimum absolute atomic E-state index is 0.00613. The van der Waals surface area contributed by atoms with E-state index in [1.807, 2.05) is 48.6 Å². The van der Waals surface area contributed by atoms with Crippen molar-refractivity contribution < 1.29 is 14.3 Å². The second kappa shape index (κ2) is 8.37. The Morgan fingerprint density at radius 1 is 1.15 bits per heavy atom. The number of carbonyl (C=O) groups excluding carboxylic acids is 2. The van der Waals surface area contributed by atoms with Gasteiger partial charge in [0.2, 0.25) is 0 Å². The summed E-state index contributed by atoms with van der Waals surface area (Å²) < 4.78 is 7.00. The molecule has 1 aromatic heterocycles. The Balaban J connectivity index is 1.70. The van der Waals surface area contributed by atoms with Crippen LogP contribution in [0.2, 0.25) is 0 Å². The van der Waals surface area contributed by atoms with E-state index in [1.54, 1.807) is 0 Å². The van der Waals surface area contributed by atoms with Gasteiger partial charge in [-0.05, 0) is 39.2 Å². The zero-order valence-electron chi connectivity index (χ0n) is 16.3. The van der Waals surface area contributed by atoms with Gasteiger partial charge in [-0.15, -0.1) is 0 Å². The van der Waals surface area contributed by atoms with E-state index in [9.17, 15) is 9.59 Å². The molecule has 144 valence electrons. The van der Waals surface area contributed by atoms with Crippen LogP contribution < -0.4 is 0 Å². The van der Waals surface area contributed by atoms with Gasteiger partial charge in [0, 0.05) is 18.8 Å². The van der Waals surface area contributed by atoms with Crippen LogP contribution in [-0.4, -0.2) is 46.3 Å². The van der Waals surface area contributed by atoms with Gasteiger partial charge in [0.15, 0.2) is 0 Å². The number of nitrogens with zero attached hydrogens (tertiary/aromatic N) is 3. The molecule has 6 nitrogen and oxygen atoms in total. The average molecular weight is 369 g/mol. The highest BCUT2D eigenvalue weighted by atomic mass is 16.5. The van der Waals surface area contributed by atoms with Crippen LogP contribution in [0.1, 0.15) is 47.1 Å². The van der Waals surface area contributed by atoms with Crippen LogP contribution >= 0.6 is 0 Å². The molecule has 0 bridgehead atoms. The third-order valence-corrected chi connectivity index (χ3v) is 5.17. The standard InChI is InChI=1S/C21H27N3O3/c1-4-27-21(26)18-10-12-23(13-11-18)20(25)19-15(2)22-24(16(19)3)14-17-8-6-5-7-9-17/h5-9,18H,4,10-14H2,1-3H3. The van der Waals surface area contributed by atoms with Crippen molar-refractivity contribution in [1.29, 1.82) is 0 Å². The molecular formula is C21H27N3O3. The maximum Gasteiger partial charge on any atom is 0.309 e. The number of hydrogen-bond acceptors (Lipinski definition) is 4. The average Bonchev–Trinajstić information content (AvgIpc) is 2.95. The summed E-state index contributed by atoms with van der Waals surface area (Å²) in [6.07, 6.45) is 1.31. The zero-order valence-corrected chi connectivity index (χ0v) is 16.3. The molecule has 0 unspecified atom stereocenters. The Morgan fingerprint density at radius 3 is 2.44 bits per heavy atom. The summed E-state index contributed by atoms with van der Waals surface area (Å²) in [5, 5.41) is 4.58. The number of ether oxygens (including phenoxy) is 1. The Hall–Kier alpha value is -2.63. The second-order valence-corrected chi connectivity index (χ2v) is 7.01. The van der Waals surface area contributed by atoms with Gasteiger partial charge in [-0.25, -0.2) is 0 Å². The maximum absolute atomic E-state index is 13.1. The first kappa shape index (κ1) is 19.1. The Bertz CT molecular complexity index is 806. The van der Waals surface area contributed by atoms with E-state index in [1.165, 1.54) is 0 Å². The summed E-state index contributed by atoms with van der Waals surface area (Å²) in [6, 6.07) is 10.1. The molecule has 1 amide bonds. The molecule has 27 heavy (non-hydrogen) atoms. The third-order valence-electron chi connectivity index (χ3n) is 5.17. The lowest BCUT2D eigenvalue weighted by Gasteiger charge is -2.31. The van der Waals surface area contributed by atoms with E-state index >= 15 is 0 Å². The largest absolute Gasteiger partial charge is 0.466 e. The van der Waals surface area contributed by atoms with Crippen molar-refractivity contribution in [2.45, 2.75) is 40.2 Å². The third kappa shape index (κ3) is 4.21. The van der Waals surface area contributed by atoms with Crippen LogP contribution in [-0.2, 0) is 16.1 Å². The summed E-state index contributed by atoms with van der Waals surface area (Å²) in [4.78, 5) is 26.8. The van der Waals surface area contributed by atoms with E-state index in [4.69, 9.17) is 4.74 Å². The highest BCUT2D eigenvalue weighted by Gasteiger charge is 2.30. The maximum atomic E-state index is 13.1. The number of carbonyl (C=O) groups is 2. The van der Waals surface area contributed by atoms with E-state index in [2.05, 4.69) is 17.2 Å². The predicted octanol–water partition coefficient (Wildman–Crippen LogP) is 2.96. The SMILES string of the molecule is CCOC(=O)C1CCN(C(=O)c2c(C)nn(Cc3ccccc3)c2C)CC1. The summed E-state index contributed by atoms with van der Waals surface area (Å²) in [5.41, 5.74) is 3.47. The van der Waals surface area contributed by atoms with Crippen LogP contribution in [0.5, 0.6) is 0 Å². The fourth-order valence-electron chi connectivity index (χ4n) is 3.65. The molecule has 3 rings (SSSR count). The van der Waals surface area contributed by atoms with E-state index in [-0.39, 0.29) is 17.8 Å². The number of benzene rings is 1. The predicted molar refractivity (Wildman–Crippen MR) is 103 cm³/mol. The Labute approximate surface area is 160 Å². The molecule has 0 spiro atoms. The number of esters is 1. The molecule has 0 radical (unpaired) electrons. The number of aromatic nitrogens is 2. The monoisotopic (exact) mass is 369 g/mol. The molecule has 0 aliphatic carbocycles. The normalized spacial score (nSPS) is 15.0. The van der Waals surface area contributed by atoms with Gasteiger partial charge >= 0.3 is 5.97 Å². The molecular weight excluding hydrogens is 342 g/mol. The van der Waals surface area contributed by atoms with Gasteiger partial charge in [-0.3, -0.25) is 14.3 Å². The number of piperidine rings is 1. The molecule has 0 atom stereocenters. The van der Waals surface area contributed by atoms with Crippen LogP contribution in [0.15, 0.2) is 30.3 Å². The van der Waals surface area contributed by atoms with Crippen LogP contribution in [0.25, 0.3) is 0 Å². The topological polar surface area (TPSA) is 64.4 Å². The quantitative estimate of drug-likeness (QED) is 0.760. The van der Waals surface area contributed by atoms with E-state index in [0.29, 0.717) is 44.6 Å². The first-order chi connectivity index (χ1) is 13.0. The van der Waals surface area contributed by atoms with Crippen molar-refractivity contribution in [1.82, 2.24) is 14.7 Å². The smallest absolute Gasteiger partial charge is 0.309 e. The summed E-state index contributed by atoms with van der Waals surface area (Å²) in [7, 11) is 0. The number of rotatable bonds is 5. The molecule has 6 heteroatoms. The Morgan fingerprint density at radius 2 is 1.81 bits per heavy atom. The number of aryl methyl sites for hydroxylation is 1. The minimum atomic E-state index is -0.146. The van der Waals surface area contributed by atoms with Gasteiger partial charge in [0.25, 0.3) is 5.91 Å². The summed E-state index contributed by atoms with van der Waals surface area (Å²) in [6.45, 7) is 7.84. The molecule has 2 aromatic rings. The fourth-order valence-corrected chi connectivity index (χ4v) is 3.65. The Kier molecular flexibility index (Phi) is 5.94. The van der Waals surface area contributed by atoms with Gasteiger partial charge in [0.1, 0.15) is 0 Å². The van der Waals surface area contributed by atoms with Crippen molar-refractivity contribution >= 4 is 11.9 Å². The summed E-state index contributed by atoms with van der Waals surface area (Å²) in [5.74, 6) is -0.240. The molecule has 2 heterocycles. The number of likely N-dealkylation sites (tertiary alicyclic amines) is 1. The highest BCUT2D eigenvalue weighted by Crippen LogP contribution is 2.23. The lowest BCUT2D eigenvalue weighted by Crippen LogP contribution is -2.41. The van der Waals surface area contributed by atoms with E-state index < -0.39 is 0 Å². The molecule has 1 aliphatic heterocycles. The molecule has 0 saturated carbocycles. The van der Waals surface area contributed by atoms with Crippen molar-refractivity contribution in [3.63, 3.8) is 0 Å². The van der Waals surface area contributed by atoms with Crippen LogP contribution in [0.4, 0.5) is 0 Å². The van der Waals surface area contributed by atoms with Gasteiger partial charge < -0.3 is 9.64 Å². The van der Waals surface area contributed by atoms with Crippen molar-refractivity contribution in [3.05, 3.63) is 52.8 Å². The number of amides is 1. The zero-order chi connectivity index (χ0) is 19.4. The molecule has 1 aliphatic rings. The van der Waals surface area contributed by atoms with E-state index in [0.717, 1.165) is 17.0 Å². The first-order valence-corrected chi connectivity index (χ1v) is 9.55. The fraction of sp³-hybridized carbons (Fsp3) is 0.476. The molecule has 1 aromatic carbocycles. The molecule has 1 saturated heterocycles. The highest BCUT2D eigenvalue weighted by molar-refractivity contribution is 5.96. The summed E-state index contributed by atoms with van der Waals surface area (Å²) >= 11 is 0. The molecule has 1 fully saturated rings. The van der Waals surface area contributed by atoms with Gasteiger partial charge in [0.05, 0.1) is 30.3 Å².